The molecule has 2 rings (SSSR count). The monoisotopic (exact) mass is 238 g/mol. The Morgan fingerprint density at radius 3 is 2.88 bits per heavy atom. The third kappa shape index (κ3) is 2.47. The molecule has 1 aromatic carbocycles. The Labute approximate surface area is 100 Å². The highest BCUT2D eigenvalue weighted by atomic mass is 35.5. The molecule has 0 bridgehead atoms. The molecule has 0 aromatic heterocycles. The summed E-state index contributed by atoms with van der Waals surface area (Å²) in [5, 5.41) is 0.539. The molecule has 16 heavy (non-hydrogen) atoms. The lowest BCUT2D eigenvalue weighted by Crippen LogP contribution is -2.29. The van der Waals surface area contributed by atoms with Gasteiger partial charge in [0.1, 0.15) is 0 Å². The van der Waals surface area contributed by atoms with Crippen LogP contribution in [0.2, 0.25) is 5.02 Å². The molecule has 1 aliphatic carbocycles. The number of carbonyl (C=O) groups is 1. The zero-order chi connectivity index (χ0) is 11.7. The van der Waals surface area contributed by atoms with Gasteiger partial charge in [0.25, 0.3) is 5.91 Å². The number of nitrogen functional groups attached to an aromatic ring is 1. The lowest BCUT2D eigenvalue weighted by atomic mass is 10.1. The van der Waals surface area contributed by atoms with Gasteiger partial charge in [0.15, 0.2) is 0 Å². The van der Waals surface area contributed by atoms with Crippen LogP contribution in [-0.2, 0) is 0 Å². The highest BCUT2D eigenvalue weighted by Crippen LogP contribution is 2.30. The second kappa shape index (κ2) is 4.34. The van der Waals surface area contributed by atoms with Crippen molar-refractivity contribution in [2.75, 3.05) is 19.3 Å². The quantitative estimate of drug-likeness (QED) is 0.822. The van der Waals surface area contributed by atoms with Crippen LogP contribution in [0.15, 0.2) is 18.2 Å². The lowest BCUT2D eigenvalue weighted by Gasteiger charge is -2.17. The third-order valence-electron chi connectivity index (χ3n) is 2.82. The van der Waals surface area contributed by atoms with Gasteiger partial charge in [-0.2, -0.15) is 0 Å². The molecule has 0 aliphatic heterocycles. The van der Waals surface area contributed by atoms with Crippen LogP contribution in [-0.4, -0.2) is 24.4 Å². The van der Waals surface area contributed by atoms with E-state index in [4.69, 9.17) is 17.3 Å². The van der Waals surface area contributed by atoms with E-state index in [-0.39, 0.29) is 5.91 Å². The summed E-state index contributed by atoms with van der Waals surface area (Å²) >= 11 is 5.86. The molecular weight excluding hydrogens is 224 g/mol. The summed E-state index contributed by atoms with van der Waals surface area (Å²) in [7, 11) is 1.81. The fourth-order valence-corrected chi connectivity index (χ4v) is 1.86. The summed E-state index contributed by atoms with van der Waals surface area (Å²) in [6.45, 7) is 0.810. The van der Waals surface area contributed by atoms with E-state index in [2.05, 4.69) is 0 Å². The molecule has 0 radical (unpaired) electrons. The molecule has 0 saturated heterocycles. The normalized spacial score (nSPS) is 14.9. The molecule has 0 spiro atoms. The number of amides is 1. The summed E-state index contributed by atoms with van der Waals surface area (Å²) in [5.74, 6) is 0.626. The van der Waals surface area contributed by atoms with Gasteiger partial charge in [-0.15, -0.1) is 0 Å². The molecule has 0 heterocycles. The number of nitrogens with two attached hydrogens (primary N) is 1. The minimum absolute atomic E-state index is 0.0492. The number of rotatable bonds is 3. The van der Waals surface area contributed by atoms with Gasteiger partial charge in [-0.3, -0.25) is 4.79 Å². The third-order valence-corrected chi connectivity index (χ3v) is 3.06. The molecule has 3 nitrogen and oxygen atoms in total. The number of benzene rings is 1. The van der Waals surface area contributed by atoms with E-state index in [9.17, 15) is 4.79 Å². The second-order valence-corrected chi connectivity index (χ2v) is 4.80. The van der Waals surface area contributed by atoms with Crippen molar-refractivity contribution in [2.45, 2.75) is 12.8 Å². The van der Waals surface area contributed by atoms with Crippen LogP contribution in [0.5, 0.6) is 0 Å². The first-order valence-electron chi connectivity index (χ1n) is 5.38. The first-order chi connectivity index (χ1) is 7.58. The summed E-state index contributed by atoms with van der Waals surface area (Å²) < 4.78 is 0. The van der Waals surface area contributed by atoms with Crippen LogP contribution in [0, 0.1) is 5.92 Å². The molecule has 1 amide bonds. The average molecular weight is 239 g/mol. The Kier molecular flexibility index (Phi) is 3.06. The summed E-state index contributed by atoms with van der Waals surface area (Å²) in [4.78, 5) is 13.8. The molecule has 1 aliphatic rings. The predicted octanol–water partition coefficient (Wildman–Crippen LogP) is 2.40. The van der Waals surface area contributed by atoms with Gasteiger partial charge in [-0.05, 0) is 37.0 Å². The lowest BCUT2D eigenvalue weighted by molar-refractivity contribution is 0.0789. The van der Waals surface area contributed by atoms with E-state index >= 15 is 0 Å². The smallest absolute Gasteiger partial charge is 0.255 e. The first-order valence-corrected chi connectivity index (χ1v) is 5.76. The highest BCUT2D eigenvalue weighted by molar-refractivity contribution is 6.31. The Bertz CT molecular complexity index is 415. The van der Waals surface area contributed by atoms with Crippen LogP contribution >= 0.6 is 11.6 Å². The Morgan fingerprint density at radius 1 is 1.56 bits per heavy atom. The van der Waals surface area contributed by atoms with Gasteiger partial charge in [-0.25, -0.2) is 0 Å². The van der Waals surface area contributed by atoms with Gasteiger partial charge >= 0.3 is 0 Å². The standard InChI is InChI=1S/C12H15ClN2O/c1-15(7-8-2-3-8)12(16)10-6-9(13)4-5-11(10)14/h4-6,8H,2-3,7,14H2,1H3. The van der Waals surface area contributed by atoms with Gasteiger partial charge < -0.3 is 10.6 Å². The fraction of sp³-hybridized carbons (Fsp3) is 0.417. The van der Waals surface area contributed by atoms with Crippen molar-refractivity contribution in [2.24, 2.45) is 5.92 Å². The van der Waals surface area contributed by atoms with Gasteiger partial charge in [0, 0.05) is 24.3 Å². The van der Waals surface area contributed by atoms with Crippen LogP contribution in [0.3, 0.4) is 0 Å². The zero-order valence-corrected chi connectivity index (χ0v) is 10.00. The first kappa shape index (κ1) is 11.3. The maximum Gasteiger partial charge on any atom is 0.255 e. The van der Waals surface area contributed by atoms with Crippen molar-refractivity contribution < 1.29 is 4.79 Å². The number of hydrogen-bond acceptors (Lipinski definition) is 2. The van der Waals surface area contributed by atoms with Crippen molar-refractivity contribution in [3.8, 4) is 0 Å². The van der Waals surface area contributed by atoms with E-state index < -0.39 is 0 Å². The van der Waals surface area contributed by atoms with Crippen molar-refractivity contribution in [3.63, 3.8) is 0 Å². The van der Waals surface area contributed by atoms with E-state index in [1.165, 1.54) is 12.8 Å². The molecule has 2 N–H and O–H groups in total. The topological polar surface area (TPSA) is 46.3 Å². The SMILES string of the molecule is CN(CC1CC1)C(=O)c1cc(Cl)ccc1N. The van der Waals surface area contributed by atoms with Crippen LogP contribution in [0.25, 0.3) is 0 Å². The van der Waals surface area contributed by atoms with Crippen LogP contribution in [0.4, 0.5) is 5.69 Å². The molecule has 1 fully saturated rings. The Hall–Kier alpha value is -1.22. The van der Waals surface area contributed by atoms with E-state index in [0.717, 1.165) is 6.54 Å². The van der Waals surface area contributed by atoms with Crippen molar-refractivity contribution in [3.05, 3.63) is 28.8 Å². The van der Waals surface area contributed by atoms with Gasteiger partial charge in [0.2, 0.25) is 0 Å². The van der Waals surface area contributed by atoms with Crippen molar-refractivity contribution in [1.82, 2.24) is 4.90 Å². The predicted molar refractivity (Wildman–Crippen MR) is 65.5 cm³/mol. The van der Waals surface area contributed by atoms with Crippen molar-refractivity contribution in [1.29, 1.82) is 0 Å². The molecule has 86 valence electrons. The number of carbonyl (C=O) groups excluding carboxylic acids is 1. The number of hydrogen-bond donors (Lipinski definition) is 1. The number of nitrogens with zero attached hydrogens (tertiary/aromatic N) is 1. The van der Waals surface area contributed by atoms with Gasteiger partial charge in [-0.1, -0.05) is 11.6 Å². The summed E-state index contributed by atoms with van der Waals surface area (Å²) in [6.07, 6.45) is 2.45. The van der Waals surface area contributed by atoms with E-state index in [0.29, 0.717) is 22.2 Å². The average Bonchev–Trinajstić information content (AvgIpc) is 3.04. The Morgan fingerprint density at radius 2 is 2.25 bits per heavy atom. The molecule has 1 saturated carbocycles. The molecule has 4 heteroatoms. The number of halogens is 1. The highest BCUT2D eigenvalue weighted by Gasteiger charge is 2.25. The summed E-state index contributed by atoms with van der Waals surface area (Å²) in [6, 6.07) is 4.98. The van der Waals surface area contributed by atoms with E-state index in [1.807, 2.05) is 0 Å². The minimum Gasteiger partial charge on any atom is -0.398 e. The molecule has 0 atom stereocenters. The van der Waals surface area contributed by atoms with Crippen LogP contribution < -0.4 is 5.73 Å². The maximum atomic E-state index is 12.1. The Balaban J connectivity index is 2.14. The fourth-order valence-electron chi connectivity index (χ4n) is 1.69. The largest absolute Gasteiger partial charge is 0.398 e. The van der Waals surface area contributed by atoms with Crippen molar-refractivity contribution >= 4 is 23.2 Å². The molecular formula is C12H15ClN2O. The van der Waals surface area contributed by atoms with E-state index in [1.54, 1.807) is 30.1 Å². The summed E-state index contributed by atoms with van der Waals surface area (Å²) in [5.41, 5.74) is 6.75. The van der Waals surface area contributed by atoms with Gasteiger partial charge in [0.05, 0.1) is 5.56 Å². The minimum atomic E-state index is -0.0492. The second-order valence-electron chi connectivity index (χ2n) is 4.36. The molecule has 0 unspecified atom stereocenters. The zero-order valence-electron chi connectivity index (χ0n) is 9.24. The number of anilines is 1. The maximum absolute atomic E-state index is 12.1. The van der Waals surface area contributed by atoms with Crippen LogP contribution in [0.1, 0.15) is 23.2 Å². The molecule has 1 aromatic rings.